The van der Waals surface area contributed by atoms with Crippen molar-refractivity contribution in [2.24, 2.45) is 29.6 Å². The molecule has 0 aliphatic rings. The highest BCUT2D eigenvalue weighted by atomic mass is 14.3. The molecule has 0 fully saturated rings. The Kier molecular flexibility index (Phi) is 13.2. The van der Waals surface area contributed by atoms with Crippen LogP contribution in [0.5, 0.6) is 0 Å². The molecule has 0 aliphatic heterocycles. The van der Waals surface area contributed by atoms with Crippen LogP contribution in [-0.2, 0) is 6.42 Å². The van der Waals surface area contributed by atoms with E-state index in [1.807, 2.05) is 0 Å². The van der Waals surface area contributed by atoms with Gasteiger partial charge in [-0.1, -0.05) is 101 Å². The number of benzene rings is 1. The summed E-state index contributed by atoms with van der Waals surface area (Å²) in [6, 6.07) is 11.1. The van der Waals surface area contributed by atoms with Gasteiger partial charge in [0.2, 0.25) is 0 Å². The summed E-state index contributed by atoms with van der Waals surface area (Å²) in [5.41, 5.74) is 6.29. The van der Waals surface area contributed by atoms with Gasteiger partial charge in [0.1, 0.15) is 0 Å². The number of hydrogen-bond acceptors (Lipinski definition) is 0. The molecular weight excluding hydrogens is 372 g/mol. The summed E-state index contributed by atoms with van der Waals surface area (Å²) < 4.78 is 0. The van der Waals surface area contributed by atoms with E-state index in [9.17, 15) is 0 Å². The SMILES string of the molecule is CCCC=C(C(C)CC)C(C)C(C)C(CCC(C)=C(C)C)C(C)CCc1ccccc1. The van der Waals surface area contributed by atoms with Crippen molar-refractivity contribution in [3.63, 3.8) is 0 Å². The van der Waals surface area contributed by atoms with Crippen molar-refractivity contribution >= 4 is 0 Å². The third-order valence-corrected chi connectivity index (χ3v) is 8.01. The van der Waals surface area contributed by atoms with E-state index < -0.39 is 0 Å². The van der Waals surface area contributed by atoms with Gasteiger partial charge < -0.3 is 0 Å². The van der Waals surface area contributed by atoms with E-state index in [0.717, 1.165) is 11.8 Å². The Bertz CT molecular complexity index is 659. The summed E-state index contributed by atoms with van der Waals surface area (Å²) in [6.07, 6.45) is 11.4. The molecule has 0 spiro atoms. The third-order valence-electron chi connectivity index (χ3n) is 8.01. The average Bonchev–Trinajstić information content (AvgIpc) is 2.77. The zero-order chi connectivity index (χ0) is 23.4. The monoisotopic (exact) mass is 424 g/mol. The van der Waals surface area contributed by atoms with Crippen LogP contribution in [0.2, 0.25) is 0 Å². The third kappa shape index (κ3) is 9.38. The maximum Gasteiger partial charge on any atom is -0.0201 e. The molecule has 1 aromatic rings. The second-order valence-electron chi connectivity index (χ2n) is 10.4. The quantitative estimate of drug-likeness (QED) is 0.260. The van der Waals surface area contributed by atoms with Gasteiger partial charge in [0.25, 0.3) is 0 Å². The van der Waals surface area contributed by atoms with Crippen molar-refractivity contribution in [3.05, 3.63) is 58.7 Å². The molecule has 0 heterocycles. The average molecular weight is 425 g/mol. The molecule has 1 aromatic carbocycles. The summed E-state index contributed by atoms with van der Waals surface area (Å²) in [4.78, 5) is 0. The Balaban J connectivity index is 3.04. The molecule has 0 saturated heterocycles. The van der Waals surface area contributed by atoms with Gasteiger partial charge in [-0.05, 0) is 94.4 Å². The molecule has 31 heavy (non-hydrogen) atoms. The molecule has 0 aliphatic carbocycles. The Morgan fingerprint density at radius 1 is 0.903 bits per heavy atom. The largest absolute Gasteiger partial charge is 0.0848 e. The second-order valence-corrected chi connectivity index (χ2v) is 10.4. The van der Waals surface area contributed by atoms with E-state index in [1.165, 1.54) is 56.1 Å². The van der Waals surface area contributed by atoms with Crippen molar-refractivity contribution in [1.82, 2.24) is 0 Å². The highest BCUT2D eigenvalue weighted by Gasteiger charge is 2.30. The van der Waals surface area contributed by atoms with Crippen molar-refractivity contribution < 1.29 is 0 Å². The predicted molar refractivity (Wildman–Crippen MR) is 141 cm³/mol. The van der Waals surface area contributed by atoms with Crippen LogP contribution in [0.3, 0.4) is 0 Å². The van der Waals surface area contributed by atoms with E-state index in [2.05, 4.69) is 98.7 Å². The van der Waals surface area contributed by atoms with Gasteiger partial charge >= 0.3 is 0 Å². The van der Waals surface area contributed by atoms with Crippen LogP contribution < -0.4 is 0 Å². The zero-order valence-electron chi connectivity index (χ0n) is 22.3. The predicted octanol–water partition coefficient (Wildman–Crippen LogP) is 10.1. The van der Waals surface area contributed by atoms with Crippen LogP contribution in [0, 0.1) is 29.6 Å². The lowest BCUT2D eigenvalue weighted by Crippen LogP contribution is -2.28. The second kappa shape index (κ2) is 14.7. The van der Waals surface area contributed by atoms with Gasteiger partial charge in [0.05, 0.1) is 0 Å². The normalized spacial score (nSPS) is 17.0. The maximum atomic E-state index is 2.59. The number of rotatable bonds is 14. The zero-order valence-corrected chi connectivity index (χ0v) is 22.3. The molecule has 5 unspecified atom stereocenters. The van der Waals surface area contributed by atoms with Crippen molar-refractivity contribution in [2.75, 3.05) is 0 Å². The molecule has 176 valence electrons. The van der Waals surface area contributed by atoms with Gasteiger partial charge in [0.15, 0.2) is 0 Å². The van der Waals surface area contributed by atoms with E-state index >= 15 is 0 Å². The first-order valence-corrected chi connectivity index (χ1v) is 13.1. The van der Waals surface area contributed by atoms with Gasteiger partial charge in [-0.25, -0.2) is 0 Å². The summed E-state index contributed by atoms with van der Waals surface area (Å²) in [6.45, 7) is 21.5. The molecule has 1 rings (SSSR count). The lowest BCUT2D eigenvalue weighted by atomic mass is 9.69. The standard InChI is InChI=1S/C31H52/c1-10-12-18-30(24(5)11-2)27(8)28(9)31(22-20-25(6)23(3)4)26(7)19-21-29-16-14-13-15-17-29/h13-18,24,26-28,31H,10-12,19-22H2,1-9H3. The first-order valence-electron chi connectivity index (χ1n) is 13.1. The molecule has 0 amide bonds. The lowest BCUT2D eigenvalue weighted by Gasteiger charge is -2.36. The van der Waals surface area contributed by atoms with Crippen molar-refractivity contribution in [3.8, 4) is 0 Å². The van der Waals surface area contributed by atoms with Crippen molar-refractivity contribution in [1.29, 1.82) is 0 Å². The summed E-state index contributed by atoms with van der Waals surface area (Å²) >= 11 is 0. The summed E-state index contributed by atoms with van der Waals surface area (Å²) in [5, 5.41) is 0. The number of allylic oxidation sites excluding steroid dienone is 4. The number of aryl methyl sites for hydroxylation is 1. The maximum absolute atomic E-state index is 2.59. The van der Waals surface area contributed by atoms with E-state index in [0.29, 0.717) is 17.8 Å². The highest BCUT2D eigenvalue weighted by Crippen LogP contribution is 2.39. The lowest BCUT2D eigenvalue weighted by molar-refractivity contribution is 0.184. The van der Waals surface area contributed by atoms with Gasteiger partial charge in [0, 0.05) is 0 Å². The van der Waals surface area contributed by atoms with Crippen molar-refractivity contribution in [2.45, 2.75) is 107 Å². The van der Waals surface area contributed by atoms with Gasteiger partial charge in [-0.15, -0.1) is 0 Å². The van der Waals surface area contributed by atoms with Crippen LogP contribution in [0.15, 0.2) is 53.1 Å². The van der Waals surface area contributed by atoms with E-state index in [1.54, 1.807) is 11.1 Å². The highest BCUT2D eigenvalue weighted by molar-refractivity contribution is 5.15. The van der Waals surface area contributed by atoms with E-state index in [-0.39, 0.29) is 0 Å². The molecule has 0 nitrogen and oxygen atoms in total. The van der Waals surface area contributed by atoms with Crippen LogP contribution in [0.25, 0.3) is 0 Å². The molecule has 0 N–H and O–H groups in total. The van der Waals surface area contributed by atoms with Crippen LogP contribution in [0.1, 0.15) is 106 Å². The minimum Gasteiger partial charge on any atom is -0.0848 e. The van der Waals surface area contributed by atoms with Crippen LogP contribution >= 0.6 is 0 Å². The Morgan fingerprint density at radius 3 is 2.10 bits per heavy atom. The van der Waals surface area contributed by atoms with Crippen LogP contribution in [-0.4, -0.2) is 0 Å². The fraction of sp³-hybridized carbons (Fsp3) is 0.677. The molecular formula is C31H52. The number of hydrogen-bond donors (Lipinski definition) is 0. The summed E-state index contributed by atoms with van der Waals surface area (Å²) in [5.74, 6) is 3.59. The molecule has 5 atom stereocenters. The summed E-state index contributed by atoms with van der Waals surface area (Å²) in [7, 11) is 0. The molecule has 0 heteroatoms. The molecule has 0 radical (unpaired) electrons. The molecule has 0 aromatic heterocycles. The fourth-order valence-electron chi connectivity index (χ4n) is 5.01. The van der Waals surface area contributed by atoms with Gasteiger partial charge in [-0.3, -0.25) is 0 Å². The van der Waals surface area contributed by atoms with Crippen LogP contribution in [0.4, 0.5) is 0 Å². The minimum atomic E-state index is 0.665. The molecule has 0 bridgehead atoms. The fourth-order valence-corrected chi connectivity index (χ4v) is 5.01. The Morgan fingerprint density at radius 2 is 1.55 bits per heavy atom. The Hall–Kier alpha value is -1.30. The smallest absolute Gasteiger partial charge is 0.0201 e. The first-order chi connectivity index (χ1) is 14.7. The molecule has 0 saturated carbocycles. The topological polar surface area (TPSA) is 0 Å². The Labute approximate surface area is 195 Å². The first kappa shape index (κ1) is 27.7. The number of unbranched alkanes of at least 4 members (excludes halogenated alkanes) is 1. The van der Waals surface area contributed by atoms with Gasteiger partial charge in [-0.2, -0.15) is 0 Å². The minimum absolute atomic E-state index is 0.665. The van der Waals surface area contributed by atoms with E-state index in [4.69, 9.17) is 0 Å².